The zero-order valence-electron chi connectivity index (χ0n) is 10.4. The fourth-order valence-corrected chi connectivity index (χ4v) is 1.02. The average Bonchev–Trinajstić information content (AvgIpc) is 2.32. The molecule has 0 aromatic carbocycles. The van der Waals surface area contributed by atoms with Crippen LogP contribution in [0.1, 0.15) is 29.9 Å². The second-order valence-corrected chi connectivity index (χ2v) is 2.97. The molecule has 1 aromatic heterocycles. The van der Waals surface area contributed by atoms with Gasteiger partial charge in [-0.25, -0.2) is 0 Å². The lowest BCUT2D eigenvalue weighted by molar-refractivity contribution is 0.0932. The molecule has 0 aliphatic rings. The highest BCUT2D eigenvalue weighted by Crippen LogP contribution is 1.99. The first-order valence-corrected chi connectivity index (χ1v) is 5.44. The van der Waals surface area contributed by atoms with E-state index in [0.717, 1.165) is 5.56 Å². The van der Waals surface area contributed by atoms with Crippen molar-refractivity contribution < 1.29 is 9.53 Å². The summed E-state index contributed by atoms with van der Waals surface area (Å²) in [6, 6.07) is 3.61. The second kappa shape index (κ2) is 8.85. The zero-order chi connectivity index (χ0) is 12.4. The smallest absolute Gasteiger partial charge is 0.269 e. The van der Waals surface area contributed by atoms with Crippen LogP contribution in [0, 0.1) is 6.92 Å². The molecular formula is C12H20N2O2. The van der Waals surface area contributed by atoms with E-state index < -0.39 is 0 Å². The molecule has 0 radical (unpaired) electrons. The Kier molecular flexibility index (Phi) is 8.07. The number of nitrogens with one attached hydrogen (secondary N) is 1. The second-order valence-electron chi connectivity index (χ2n) is 2.97. The van der Waals surface area contributed by atoms with Gasteiger partial charge in [-0.1, -0.05) is 13.8 Å². The minimum absolute atomic E-state index is 0.161. The Labute approximate surface area is 97.0 Å². The number of rotatable bonds is 4. The summed E-state index contributed by atoms with van der Waals surface area (Å²) in [7, 11) is 1.59. The average molecular weight is 224 g/mol. The molecule has 16 heavy (non-hydrogen) atoms. The molecule has 0 saturated carbocycles. The van der Waals surface area contributed by atoms with E-state index in [2.05, 4.69) is 10.3 Å². The number of hydrogen-bond donors (Lipinski definition) is 1. The summed E-state index contributed by atoms with van der Waals surface area (Å²) in [6.45, 7) is 6.94. The molecule has 1 aromatic rings. The van der Waals surface area contributed by atoms with Gasteiger partial charge in [-0.2, -0.15) is 0 Å². The number of pyridine rings is 1. The first-order chi connectivity index (χ1) is 7.74. The van der Waals surface area contributed by atoms with Gasteiger partial charge in [0.1, 0.15) is 5.69 Å². The van der Waals surface area contributed by atoms with Crippen molar-refractivity contribution in [2.24, 2.45) is 0 Å². The van der Waals surface area contributed by atoms with Crippen LogP contribution in [0.4, 0.5) is 0 Å². The minimum atomic E-state index is -0.161. The van der Waals surface area contributed by atoms with Gasteiger partial charge >= 0.3 is 0 Å². The van der Waals surface area contributed by atoms with Gasteiger partial charge in [-0.3, -0.25) is 9.78 Å². The molecule has 0 bridgehead atoms. The predicted molar refractivity (Wildman–Crippen MR) is 64.5 cm³/mol. The van der Waals surface area contributed by atoms with E-state index in [9.17, 15) is 4.79 Å². The van der Waals surface area contributed by atoms with Gasteiger partial charge in [0.15, 0.2) is 0 Å². The van der Waals surface area contributed by atoms with Crippen molar-refractivity contribution in [2.45, 2.75) is 20.8 Å². The Bertz CT molecular complexity index is 314. The first kappa shape index (κ1) is 14.6. The molecule has 4 heteroatoms. The Morgan fingerprint density at radius 2 is 2.19 bits per heavy atom. The van der Waals surface area contributed by atoms with Crippen molar-refractivity contribution in [1.29, 1.82) is 0 Å². The summed E-state index contributed by atoms with van der Waals surface area (Å²) < 4.78 is 4.82. The first-order valence-electron chi connectivity index (χ1n) is 5.44. The van der Waals surface area contributed by atoms with Gasteiger partial charge in [0.05, 0.1) is 6.61 Å². The summed E-state index contributed by atoms with van der Waals surface area (Å²) in [4.78, 5) is 15.4. The fourth-order valence-electron chi connectivity index (χ4n) is 1.02. The highest BCUT2D eigenvalue weighted by atomic mass is 16.5. The Morgan fingerprint density at radius 3 is 2.75 bits per heavy atom. The van der Waals surface area contributed by atoms with Crippen molar-refractivity contribution in [3.8, 4) is 0 Å². The van der Waals surface area contributed by atoms with Gasteiger partial charge in [-0.05, 0) is 24.6 Å². The molecule has 0 spiro atoms. The highest BCUT2D eigenvalue weighted by molar-refractivity contribution is 5.92. The Hall–Kier alpha value is -1.42. The third kappa shape index (κ3) is 5.46. The maximum Gasteiger partial charge on any atom is 0.269 e. The molecule has 0 fully saturated rings. The van der Waals surface area contributed by atoms with Gasteiger partial charge in [0, 0.05) is 19.9 Å². The number of aryl methyl sites for hydroxylation is 1. The maximum atomic E-state index is 11.4. The SMILES string of the molecule is CC.COCCNC(=O)c1cc(C)ccn1. The summed E-state index contributed by atoms with van der Waals surface area (Å²) >= 11 is 0. The lowest BCUT2D eigenvalue weighted by Gasteiger charge is -2.03. The standard InChI is InChI=1S/C10H14N2O2.C2H6/c1-8-3-4-11-9(7-8)10(13)12-5-6-14-2;1-2/h3-4,7H,5-6H2,1-2H3,(H,12,13);1-2H3. The van der Waals surface area contributed by atoms with Crippen LogP contribution in [0.15, 0.2) is 18.3 Å². The van der Waals surface area contributed by atoms with E-state index in [1.165, 1.54) is 0 Å². The minimum Gasteiger partial charge on any atom is -0.383 e. The van der Waals surface area contributed by atoms with Crippen LogP contribution in [0.2, 0.25) is 0 Å². The quantitative estimate of drug-likeness (QED) is 0.793. The van der Waals surface area contributed by atoms with E-state index in [4.69, 9.17) is 4.74 Å². The fraction of sp³-hybridized carbons (Fsp3) is 0.500. The summed E-state index contributed by atoms with van der Waals surface area (Å²) in [5.74, 6) is -0.161. The van der Waals surface area contributed by atoms with E-state index in [0.29, 0.717) is 18.8 Å². The number of aromatic nitrogens is 1. The van der Waals surface area contributed by atoms with Crippen LogP contribution < -0.4 is 5.32 Å². The molecule has 0 saturated heterocycles. The number of nitrogens with zero attached hydrogens (tertiary/aromatic N) is 1. The molecule has 0 aliphatic heterocycles. The topological polar surface area (TPSA) is 51.2 Å². The van der Waals surface area contributed by atoms with E-state index >= 15 is 0 Å². The maximum absolute atomic E-state index is 11.4. The largest absolute Gasteiger partial charge is 0.383 e. The molecule has 1 amide bonds. The van der Waals surface area contributed by atoms with Gasteiger partial charge in [0.2, 0.25) is 0 Å². The summed E-state index contributed by atoms with van der Waals surface area (Å²) in [6.07, 6.45) is 1.63. The van der Waals surface area contributed by atoms with Gasteiger partial charge in [0.25, 0.3) is 5.91 Å². The van der Waals surface area contributed by atoms with Crippen LogP contribution in [-0.4, -0.2) is 31.2 Å². The van der Waals surface area contributed by atoms with Crippen molar-refractivity contribution in [3.05, 3.63) is 29.6 Å². The normalized spacial score (nSPS) is 9.00. The van der Waals surface area contributed by atoms with Gasteiger partial charge < -0.3 is 10.1 Å². The molecule has 1 rings (SSSR count). The molecular weight excluding hydrogens is 204 g/mol. The molecule has 1 N–H and O–H groups in total. The van der Waals surface area contributed by atoms with Crippen molar-refractivity contribution >= 4 is 5.91 Å². The molecule has 90 valence electrons. The molecule has 1 heterocycles. The third-order valence-electron chi connectivity index (χ3n) is 1.74. The van der Waals surface area contributed by atoms with Crippen molar-refractivity contribution in [2.75, 3.05) is 20.3 Å². The highest BCUT2D eigenvalue weighted by Gasteiger charge is 2.05. The zero-order valence-corrected chi connectivity index (χ0v) is 10.4. The lowest BCUT2D eigenvalue weighted by atomic mass is 10.2. The van der Waals surface area contributed by atoms with E-state index in [1.54, 1.807) is 19.4 Å². The molecule has 4 nitrogen and oxygen atoms in total. The molecule has 0 aliphatic carbocycles. The van der Waals surface area contributed by atoms with Crippen molar-refractivity contribution in [1.82, 2.24) is 10.3 Å². The van der Waals surface area contributed by atoms with Crippen LogP contribution >= 0.6 is 0 Å². The van der Waals surface area contributed by atoms with Crippen LogP contribution in [-0.2, 0) is 4.74 Å². The number of amides is 1. The third-order valence-corrected chi connectivity index (χ3v) is 1.74. The molecule has 0 atom stereocenters. The van der Waals surface area contributed by atoms with Crippen LogP contribution in [0.3, 0.4) is 0 Å². The van der Waals surface area contributed by atoms with E-state index in [1.807, 2.05) is 26.8 Å². The Morgan fingerprint density at radius 1 is 1.50 bits per heavy atom. The molecule has 0 unspecified atom stereocenters. The number of carbonyl (C=O) groups excluding carboxylic acids is 1. The number of hydrogen-bond acceptors (Lipinski definition) is 3. The van der Waals surface area contributed by atoms with Crippen molar-refractivity contribution in [3.63, 3.8) is 0 Å². The number of carbonyl (C=O) groups is 1. The van der Waals surface area contributed by atoms with Crippen LogP contribution in [0.25, 0.3) is 0 Å². The monoisotopic (exact) mass is 224 g/mol. The number of methoxy groups -OCH3 is 1. The Balaban J connectivity index is 0.00000106. The lowest BCUT2D eigenvalue weighted by Crippen LogP contribution is -2.27. The summed E-state index contributed by atoms with van der Waals surface area (Å²) in [5.41, 5.74) is 1.47. The van der Waals surface area contributed by atoms with E-state index in [-0.39, 0.29) is 5.91 Å². The van der Waals surface area contributed by atoms with Crippen LogP contribution in [0.5, 0.6) is 0 Å². The predicted octanol–water partition coefficient (Wildman–Crippen LogP) is 1.79. The van der Waals surface area contributed by atoms with Gasteiger partial charge in [-0.15, -0.1) is 0 Å². The summed E-state index contributed by atoms with van der Waals surface area (Å²) in [5, 5.41) is 2.70. The number of ether oxygens (including phenoxy) is 1.